The van der Waals surface area contributed by atoms with Crippen LogP contribution in [0.25, 0.3) is 0 Å². The molecular weight excluding hydrogens is 265 g/mol. The van der Waals surface area contributed by atoms with E-state index in [0.717, 1.165) is 16.8 Å². The van der Waals surface area contributed by atoms with Gasteiger partial charge < -0.3 is 4.90 Å². The molecule has 0 radical (unpaired) electrons. The first-order chi connectivity index (χ1) is 5.68. The lowest BCUT2D eigenvalue weighted by atomic mass is 10.3. The number of aromatic nitrogens is 2. The number of halogens is 1. The zero-order valence-electron chi connectivity index (χ0n) is 7.29. The van der Waals surface area contributed by atoms with Crippen LogP contribution in [0.1, 0.15) is 13.8 Å². The Hall–Kier alpha value is -0.260. The summed E-state index contributed by atoms with van der Waals surface area (Å²) in [4.78, 5) is 2.38. The van der Waals surface area contributed by atoms with E-state index in [2.05, 4.69) is 57.2 Å². The second kappa shape index (κ2) is 2.90. The second-order valence-corrected chi connectivity index (χ2v) is 4.44. The topological polar surface area (TPSA) is 21.1 Å². The van der Waals surface area contributed by atoms with Gasteiger partial charge in [0.05, 0.1) is 6.54 Å². The van der Waals surface area contributed by atoms with Crippen molar-refractivity contribution >= 4 is 28.4 Å². The Balaban J connectivity index is 2.34. The van der Waals surface area contributed by atoms with Gasteiger partial charge in [-0.25, -0.2) is 4.68 Å². The molecule has 0 spiro atoms. The van der Waals surface area contributed by atoms with Crippen LogP contribution in [0.15, 0.2) is 6.07 Å². The fourth-order valence-corrected chi connectivity index (χ4v) is 2.15. The van der Waals surface area contributed by atoms with E-state index in [1.165, 1.54) is 5.82 Å². The molecule has 1 aliphatic heterocycles. The van der Waals surface area contributed by atoms with Gasteiger partial charge in [-0.05, 0) is 36.4 Å². The highest BCUT2D eigenvalue weighted by Gasteiger charge is 2.22. The third-order valence-corrected chi connectivity index (χ3v) is 2.73. The molecule has 0 atom stereocenters. The maximum absolute atomic E-state index is 4.39. The minimum Gasteiger partial charge on any atom is -0.353 e. The molecule has 1 aromatic heterocycles. The molecule has 0 fully saturated rings. The number of rotatable bonds is 1. The quantitative estimate of drug-likeness (QED) is 0.729. The summed E-state index contributed by atoms with van der Waals surface area (Å²) < 4.78 is 3.18. The molecule has 66 valence electrons. The average Bonchev–Trinajstić information content (AvgIpc) is 2.43. The third-order valence-electron chi connectivity index (χ3n) is 2.20. The molecule has 12 heavy (non-hydrogen) atoms. The SMILES string of the molecule is CC(C)N1CCn2nc(I)cc21. The molecule has 0 saturated heterocycles. The number of anilines is 1. The molecule has 0 N–H and O–H groups in total. The van der Waals surface area contributed by atoms with Gasteiger partial charge in [0.25, 0.3) is 0 Å². The number of nitrogens with zero attached hydrogens (tertiary/aromatic N) is 3. The van der Waals surface area contributed by atoms with Crippen molar-refractivity contribution in [1.29, 1.82) is 0 Å². The molecule has 2 rings (SSSR count). The highest BCUT2D eigenvalue weighted by molar-refractivity contribution is 14.1. The average molecular weight is 277 g/mol. The number of hydrogen-bond donors (Lipinski definition) is 0. The standard InChI is InChI=1S/C8H12IN3/c1-6(2)11-3-4-12-8(11)5-7(9)10-12/h5-6H,3-4H2,1-2H3. The second-order valence-electron chi connectivity index (χ2n) is 3.34. The van der Waals surface area contributed by atoms with Gasteiger partial charge in [0.1, 0.15) is 9.52 Å². The Morgan fingerprint density at radius 1 is 1.50 bits per heavy atom. The van der Waals surface area contributed by atoms with Crippen molar-refractivity contribution in [3.05, 3.63) is 9.77 Å². The van der Waals surface area contributed by atoms with Crippen LogP contribution in [-0.4, -0.2) is 22.4 Å². The third kappa shape index (κ3) is 1.22. The summed E-state index contributed by atoms with van der Waals surface area (Å²) in [5, 5.41) is 4.39. The van der Waals surface area contributed by atoms with Gasteiger partial charge in [0.2, 0.25) is 0 Å². The van der Waals surface area contributed by atoms with E-state index in [9.17, 15) is 0 Å². The van der Waals surface area contributed by atoms with Crippen molar-refractivity contribution in [3.8, 4) is 0 Å². The van der Waals surface area contributed by atoms with Crippen molar-refractivity contribution in [3.63, 3.8) is 0 Å². The monoisotopic (exact) mass is 277 g/mol. The van der Waals surface area contributed by atoms with E-state index >= 15 is 0 Å². The van der Waals surface area contributed by atoms with Gasteiger partial charge in [-0.1, -0.05) is 0 Å². The van der Waals surface area contributed by atoms with Crippen LogP contribution in [0.4, 0.5) is 5.82 Å². The first kappa shape index (κ1) is 8.34. The minimum absolute atomic E-state index is 0.582. The maximum atomic E-state index is 4.39. The van der Waals surface area contributed by atoms with Crippen LogP contribution in [0.3, 0.4) is 0 Å². The van der Waals surface area contributed by atoms with E-state index in [1.54, 1.807) is 0 Å². The van der Waals surface area contributed by atoms with Gasteiger partial charge in [0, 0.05) is 18.7 Å². The summed E-state index contributed by atoms with van der Waals surface area (Å²) in [5.41, 5.74) is 0. The van der Waals surface area contributed by atoms with Crippen LogP contribution in [0.5, 0.6) is 0 Å². The molecule has 4 heteroatoms. The van der Waals surface area contributed by atoms with Crippen molar-refractivity contribution < 1.29 is 0 Å². The summed E-state index contributed by atoms with van der Waals surface area (Å²) in [6, 6.07) is 2.73. The first-order valence-electron chi connectivity index (χ1n) is 4.18. The van der Waals surface area contributed by atoms with Crippen LogP contribution >= 0.6 is 22.6 Å². The Bertz CT molecular complexity index is 292. The van der Waals surface area contributed by atoms with Crippen molar-refractivity contribution in [2.24, 2.45) is 0 Å². The lowest BCUT2D eigenvalue weighted by Crippen LogP contribution is -2.28. The molecule has 0 aromatic carbocycles. The number of hydrogen-bond acceptors (Lipinski definition) is 2. The van der Waals surface area contributed by atoms with Crippen molar-refractivity contribution in [2.45, 2.75) is 26.4 Å². The molecule has 0 aliphatic carbocycles. The van der Waals surface area contributed by atoms with E-state index in [1.807, 2.05) is 0 Å². The molecule has 2 heterocycles. The Morgan fingerprint density at radius 2 is 2.25 bits per heavy atom. The summed E-state index contributed by atoms with van der Waals surface area (Å²) in [6.07, 6.45) is 0. The Kier molecular flexibility index (Phi) is 2.02. The van der Waals surface area contributed by atoms with Crippen LogP contribution < -0.4 is 4.90 Å². The predicted octanol–water partition coefficient (Wildman–Crippen LogP) is 1.72. The maximum Gasteiger partial charge on any atom is 0.128 e. The lowest BCUT2D eigenvalue weighted by Gasteiger charge is -2.21. The highest BCUT2D eigenvalue weighted by atomic mass is 127. The van der Waals surface area contributed by atoms with Gasteiger partial charge in [-0.2, -0.15) is 5.10 Å². The minimum atomic E-state index is 0.582. The fraction of sp³-hybridized carbons (Fsp3) is 0.625. The molecule has 0 bridgehead atoms. The van der Waals surface area contributed by atoms with Crippen LogP contribution in [0.2, 0.25) is 0 Å². The summed E-state index contributed by atoms with van der Waals surface area (Å²) in [5.74, 6) is 1.27. The molecule has 1 aliphatic rings. The van der Waals surface area contributed by atoms with E-state index in [-0.39, 0.29) is 0 Å². The predicted molar refractivity (Wildman–Crippen MR) is 57.4 cm³/mol. The number of fused-ring (bicyclic) bond motifs is 1. The molecule has 0 saturated carbocycles. The van der Waals surface area contributed by atoms with Gasteiger partial charge in [-0.15, -0.1) is 0 Å². The van der Waals surface area contributed by atoms with Crippen LogP contribution in [-0.2, 0) is 6.54 Å². The largest absolute Gasteiger partial charge is 0.353 e. The normalized spacial score (nSPS) is 15.8. The smallest absolute Gasteiger partial charge is 0.128 e. The lowest BCUT2D eigenvalue weighted by molar-refractivity contribution is 0.662. The van der Waals surface area contributed by atoms with Gasteiger partial charge in [-0.3, -0.25) is 0 Å². The van der Waals surface area contributed by atoms with E-state index < -0.39 is 0 Å². The summed E-state index contributed by atoms with van der Waals surface area (Å²) >= 11 is 2.26. The molecule has 0 unspecified atom stereocenters. The zero-order valence-corrected chi connectivity index (χ0v) is 9.45. The molecule has 1 aromatic rings. The first-order valence-corrected chi connectivity index (χ1v) is 5.26. The van der Waals surface area contributed by atoms with Crippen LogP contribution in [0, 0.1) is 3.70 Å². The summed E-state index contributed by atoms with van der Waals surface area (Å²) in [6.45, 7) is 6.58. The van der Waals surface area contributed by atoms with E-state index in [4.69, 9.17) is 0 Å². The van der Waals surface area contributed by atoms with Crippen molar-refractivity contribution in [2.75, 3.05) is 11.4 Å². The molecule has 3 nitrogen and oxygen atoms in total. The fourth-order valence-electron chi connectivity index (χ4n) is 1.61. The Labute approximate surface area is 85.9 Å². The highest BCUT2D eigenvalue weighted by Crippen LogP contribution is 2.24. The van der Waals surface area contributed by atoms with Gasteiger partial charge in [0.15, 0.2) is 0 Å². The molecule has 0 amide bonds. The molecular formula is C8H12IN3. The van der Waals surface area contributed by atoms with E-state index in [0.29, 0.717) is 6.04 Å². The summed E-state index contributed by atoms with van der Waals surface area (Å²) in [7, 11) is 0. The Morgan fingerprint density at radius 3 is 2.92 bits per heavy atom. The zero-order chi connectivity index (χ0) is 8.72. The van der Waals surface area contributed by atoms with Crippen molar-refractivity contribution in [1.82, 2.24) is 9.78 Å². The van der Waals surface area contributed by atoms with Gasteiger partial charge >= 0.3 is 0 Å².